The first-order chi connectivity index (χ1) is 14.4. The van der Waals surface area contributed by atoms with Crippen LogP contribution in [0.25, 0.3) is 11.2 Å². The van der Waals surface area contributed by atoms with E-state index in [1.165, 1.54) is 29.9 Å². The Labute approximate surface area is 206 Å². The molecule has 0 spiro atoms. The molecule has 0 aliphatic carbocycles. The van der Waals surface area contributed by atoms with Crippen molar-refractivity contribution in [2.45, 2.75) is 51.5 Å². The number of carbonyl (C=O) groups excluding carboxylic acids is 2. The Morgan fingerprint density at radius 1 is 1.29 bits per heavy atom. The van der Waals surface area contributed by atoms with Crippen molar-refractivity contribution in [3.63, 3.8) is 0 Å². The minimum absolute atomic E-state index is 0. The Balaban J connectivity index is 0.00000272. The Kier molecular flexibility index (Phi) is 7.52. The molecule has 3 unspecified atom stereocenters. The fraction of sp³-hybridized carbons (Fsp3) is 0.562. The molecule has 2 aromatic heterocycles. The zero-order valence-corrected chi connectivity index (χ0v) is 20.4. The van der Waals surface area contributed by atoms with E-state index in [0.717, 1.165) is 0 Å². The Hall–Kier alpha value is -1.80. The number of fused-ring (bicyclic) bond motifs is 1. The number of hydrogen-bond donors (Lipinski definition) is 1. The van der Waals surface area contributed by atoms with Gasteiger partial charge in [0.25, 0.3) is 0 Å². The molecule has 2 aliphatic rings. The average Bonchev–Trinajstić information content (AvgIpc) is 3.39. The summed E-state index contributed by atoms with van der Waals surface area (Å²) in [6.07, 6.45) is -0.293. The van der Waals surface area contributed by atoms with Gasteiger partial charge in [0.1, 0.15) is 11.4 Å². The molecule has 31 heavy (non-hydrogen) atoms. The molecule has 2 aromatic rings. The van der Waals surface area contributed by atoms with Gasteiger partial charge in [-0.15, -0.1) is 16.7 Å². The zero-order valence-electron chi connectivity index (χ0n) is 16.8. The van der Waals surface area contributed by atoms with E-state index < -0.39 is 42.6 Å². The molecule has 163 valence electrons. The number of aromatic nitrogens is 4. The van der Waals surface area contributed by atoms with E-state index in [-0.39, 0.29) is 38.0 Å². The van der Waals surface area contributed by atoms with Gasteiger partial charge in [-0.05, 0) is 13.1 Å². The monoisotopic (exact) mass is 526 g/mol. The molecule has 1 radical (unpaired) electrons. The summed E-state index contributed by atoms with van der Waals surface area (Å²) in [6, 6.07) is 0. The number of imidazole rings is 1. The molecular formula is C16H18ClN8O5Y-. The van der Waals surface area contributed by atoms with Crippen LogP contribution in [0.15, 0.2) is 16.7 Å². The van der Waals surface area contributed by atoms with Crippen LogP contribution in [-0.4, -0.2) is 67.6 Å². The van der Waals surface area contributed by atoms with Crippen LogP contribution >= 0.6 is 11.6 Å². The van der Waals surface area contributed by atoms with Gasteiger partial charge in [0.05, 0.1) is 18.5 Å². The van der Waals surface area contributed by atoms with E-state index in [1.54, 1.807) is 0 Å². The molecule has 0 aromatic carbocycles. The van der Waals surface area contributed by atoms with Gasteiger partial charge in [-0.1, -0.05) is 5.22 Å². The first-order valence-electron chi connectivity index (χ1n) is 9.09. The summed E-state index contributed by atoms with van der Waals surface area (Å²) < 4.78 is 18.7. The molecule has 4 rings (SSSR count). The number of hydrogen-bond acceptors (Lipinski definition) is 12. The van der Waals surface area contributed by atoms with Gasteiger partial charge < -0.3 is 28.7 Å². The van der Waals surface area contributed by atoms with E-state index in [1.807, 2.05) is 6.92 Å². The SMILES string of the molecule is CCN1N=NC([C@H]2O[C@@H](n3cnc4[c-]nc(Cl)nc43)C(OC(C)=O)C2OC(C)=O)N1.[Y]. The number of halogens is 1. The molecular weight excluding hydrogens is 509 g/mol. The minimum Gasteiger partial charge on any atom is -0.455 e. The van der Waals surface area contributed by atoms with E-state index in [4.69, 9.17) is 25.8 Å². The molecule has 0 bridgehead atoms. The second-order valence-electron chi connectivity index (χ2n) is 6.56. The third kappa shape index (κ3) is 4.85. The zero-order chi connectivity index (χ0) is 21.4. The third-order valence-corrected chi connectivity index (χ3v) is 4.67. The van der Waals surface area contributed by atoms with Crippen molar-refractivity contribution in [3.8, 4) is 0 Å². The third-order valence-electron chi connectivity index (χ3n) is 4.50. The second kappa shape index (κ2) is 9.78. The number of ether oxygens (including phenoxy) is 3. The molecule has 0 amide bonds. The van der Waals surface area contributed by atoms with Crippen molar-refractivity contribution in [1.29, 1.82) is 0 Å². The fourth-order valence-electron chi connectivity index (χ4n) is 3.34. The fourth-order valence-corrected chi connectivity index (χ4v) is 3.47. The van der Waals surface area contributed by atoms with E-state index in [9.17, 15) is 9.59 Å². The number of hydrazine groups is 1. The van der Waals surface area contributed by atoms with Crippen molar-refractivity contribution >= 4 is 34.7 Å². The minimum atomic E-state index is -1.00. The molecule has 0 saturated carbocycles. The standard InChI is InChI=1S/C16H18ClN8O5.Y/c1-4-25-22-13(21-23-25)11-10(28-7(2)26)12(29-8(3)27)15(30-11)24-6-19-9-5-18-16(17)20-14(9)24;/h6,10-13,15,22H,4H2,1-3H3;/q-1;/t10?,11-,12?,13?,15+;/m0./s1. The molecule has 13 nitrogen and oxygen atoms in total. The largest absolute Gasteiger partial charge is 0.455 e. The van der Waals surface area contributed by atoms with Crippen molar-refractivity contribution in [3.05, 3.63) is 17.8 Å². The summed E-state index contributed by atoms with van der Waals surface area (Å²) in [5.41, 5.74) is 3.69. The van der Waals surface area contributed by atoms with Gasteiger partial charge >= 0.3 is 11.9 Å². The molecule has 1 saturated heterocycles. The Morgan fingerprint density at radius 3 is 2.65 bits per heavy atom. The summed E-state index contributed by atoms with van der Waals surface area (Å²) >= 11 is 5.90. The Bertz CT molecular complexity index is 1010. The van der Waals surface area contributed by atoms with Crippen molar-refractivity contribution in [2.75, 3.05) is 6.54 Å². The van der Waals surface area contributed by atoms with Crippen LogP contribution in [0.1, 0.15) is 27.0 Å². The van der Waals surface area contributed by atoms with E-state index in [0.29, 0.717) is 17.7 Å². The summed E-state index contributed by atoms with van der Waals surface area (Å²) in [5.74, 6) is -1.14. The first-order valence-corrected chi connectivity index (χ1v) is 9.47. The van der Waals surface area contributed by atoms with Crippen LogP contribution in [0, 0.1) is 6.20 Å². The van der Waals surface area contributed by atoms with Gasteiger partial charge in [-0.2, -0.15) is 5.43 Å². The van der Waals surface area contributed by atoms with Crippen molar-refractivity contribution < 1.29 is 56.5 Å². The average molecular weight is 527 g/mol. The molecule has 1 fully saturated rings. The van der Waals surface area contributed by atoms with Gasteiger partial charge in [0, 0.05) is 52.1 Å². The van der Waals surface area contributed by atoms with Crippen LogP contribution in [0.4, 0.5) is 0 Å². The van der Waals surface area contributed by atoms with Crippen molar-refractivity contribution in [2.24, 2.45) is 10.3 Å². The maximum absolute atomic E-state index is 11.8. The molecule has 5 atom stereocenters. The number of carbonyl (C=O) groups is 2. The molecule has 15 heteroatoms. The van der Waals surface area contributed by atoms with Gasteiger partial charge in [-0.3, -0.25) is 14.6 Å². The van der Waals surface area contributed by atoms with E-state index >= 15 is 0 Å². The number of rotatable bonds is 5. The first kappa shape index (κ1) is 23.9. The van der Waals surface area contributed by atoms with Crippen LogP contribution in [0.5, 0.6) is 0 Å². The van der Waals surface area contributed by atoms with Crippen LogP contribution in [0.2, 0.25) is 5.28 Å². The van der Waals surface area contributed by atoms with Gasteiger partial charge in [0.2, 0.25) is 0 Å². The maximum Gasteiger partial charge on any atom is 0.303 e. The predicted octanol–water partition coefficient (Wildman–Crippen LogP) is 0.572. The molecule has 2 aliphatic heterocycles. The number of nitrogens with zero attached hydrogens (tertiary/aromatic N) is 7. The molecule has 4 heterocycles. The quantitative estimate of drug-likeness (QED) is 0.333. The van der Waals surface area contributed by atoms with Crippen LogP contribution in [-0.2, 0) is 56.5 Å². The Morgan fingerprint density at radius 2 is 2.00 bits per heavy atom. The second-order valence-corrected chi connectivity index (χ2v) is 6.90. The summed E-state index contributed by atoms with van der Waals surface area (Å²) in [7, 11) is 0. The van der Waals surface area contributed by atoms with Gasteiger partial charge in [-0.25, -0.2) is 5.12 Å². The van der Waals surface area contributed by atoms with Crippen LogP contribution in [0.3, 0.4) is 0 Å². The summed E-state index contributed by atoms with van der Waals surface area (Å²) in [6.45, 7) is 4.95. The summed E-state index contributed by atoms with van der Waals surface area (Å²) in [5, 5.41) is 9.60. The smallest absolute Gasteiger partial charge is 0.303 e. The number of esters is 2. The maximum atomic E-state index is 11.8. The number of nitrogens with one attached hydrogen (secondary N) is 1. The van der Waals surface area contributed by atoms with Gasteiger partial charge in [0.15, 0.2) is 24.6 Å². The van der Waals surface area contributed by atoms with E-state index in [2.05, 4.69) is 36.9 Å². The molecule has 1 N–H and O–H groups in total. The van der Waals surface area contributed by atoms with Crippen LogP contribution < -0.4 is 5.43 Å². The predicted molar refractivity (Wildman–Crippen MR) is 98.3 cm³/mol. The normalized spacial score (nSPS) is 27.4. The summed E-state index contributed by atoms with van der Waals surface area (Å²) in [4.78, 5) is 35.7. The topological polar surface area (TPSA) is 145 Å². The van der Waals surface area contributed by atoms with Crippen molar-refractivity contribution in [1.82, 2.24) is 30.1 Å².